The van der Waals surface area contributed by atoms with E-state index in [0.29, 0.717) is 5.56 Å². The fraction of sp³-hybridized carbons (Fsp3) is 0.235. The zero-order valence-electron chi connectivity index (χ0n) is 11.9. The van der Waals surface area contributed by atoms with E-state index in [2.05, 4.69) is 15.9 Å². The maximum absolute atomic E-state index is 12.9. The Kier molecular flexibility index (Phi) is 3.72. The van der Waals surface area contributed by atoms with Crippen LogP contribution in [0.25, 0.3) is 0 Å². The predicted octanol–water partition coefficient (Wildman–Crippen LogP) is 3.93. The molecule has 2 N–H and O–H groups in total. The summed E-state index contributed by atoms with van der Waals surface area (Å²) in [5.41, 5.74) is 10.5. The van der Waals surface area contributed by atoms with E-state index < -0.39 is 0 Å². The number of benzene rings is 2. The number of amides is 1. The van der Waals surface area contributed by atoms with E-state index in [0.717, 1.165) is 46.4 Å². The molecule has 0 unspecified atom stereocenters. The molecule has 0 aliphatic carbocycles. The molecule has 0 radical (unpaired) electrons. The number of hydrogen-bond acceptors (Lipinski definition) is 2. The number of hydrogen-bond donors (Lipinski definition) is 1. The van der Waals surface area contributed by atoms with Crippen LogP contribution < -0.4 is 10.6 Å². The Labute approximate surface area is 132 Å². The Hall–Kier alpha value is -1.81. The minimum atomic E-state index is 0.0382. The highest BCUT2D eigenvalue weighted by molar-refractivity contribution is 9.10. The number of aryl methyl sites for hydroxylation is 2. The fourth-order valence-corrected chi connectivity index (χ4v) is 3.19. The van der Waals surface area contributed by atoms with Crippen LogP contribution in [0.2, 0.25) is 0 Å². The number of carbonyl (C=O) groups excluding carboxylic acids is 1. The van der Waals surface area contributed by atoms with Crippen molar-refractivity contribution in [1.82, 2.24) is 0 Å². The minimum Gasteiger partial charge on any atom is -0.399 e. The largest absolute Gasteiger partial charge is 0.399 e. The quantitative estimate of drug-likeness (QED) is 0.796. The van der Waals surface area contributed by atoms with Gasteiger partial charge in [-0.2, -0.15) is 0 Å². The Bertz CT molecular complexity index is 712. The molecule has 1 aliphatic rings. The van der Waals surface area contributed by atoms with Crippen LogP contribution in [0.3, 0.4) is 0 Å². The van der Waals surface area contributed by atoms with Crippen molar-refractivity contribution < 1.29 is 4.79 Å². The van der Waals surface area contributed by atoms with E-state index in [-0.39, 0.29) is 5.91 Å². The summed E-state index contributed by atoms with van der Waals surface area (Å²) in [6.45, 7) is 2.74. The lowest BCUT2D eigenvalue weighted by atomic mass is 10.00. The van der Waals surface area contributed by atoms with Crippen molar-refractivity contribution in [2.24, 2.45) is 0 Å². The number of nitrogens with zero attached hydrogens (tertiary/aromatic N) is 1. The third-order valence-electron chi connectivity index (χ3n) is 3.82. The van der Waals surface area contributed by atoms with Gasteiger partial charge in [-0.1, -0.05) is 11.6 Å². The van der Waals surface area contributed by atoms with Crippen molar-refractivity contribution in [2.45, 2.75) is 19.8 Å². The zero-order valence-corrected chi connectivity index (χ0v) is 13.5. The van der Waals surface area contributed by atoms with Crippen LogP contribution in [-0.2, 0) is 6.42 Å². The average Bonchev–Trinajstić information content (AvgIpc) is 2.48. The van der Waals surface area contributed by atoms with Crippen molar-refractivity contribution in [3.05, 3.63) is 57.6 Å². The molecular weight excluding hydrogens is 328 g/mol. The summed E-state index contributed by atoms with van der Waals surface area (Å²) in [6, 6.07) is 11.6. The molecule has 0 bridgehead atoms. The van der Waals surface area contributed by atoms with E-state index in [1.165, 1.54) is 0 Å². The molecule has 2 aromatic rings. The van der Waals surface area contributed by atoms with Gasteiger partial charge >= 0.3 is 0 Å². The Morgan fingerprint density at radius 1 is 1.24 bits per heavy atom. The lowest BCUT2D eigenvalue weighted by Crippen LogP contribution is -2.35. The Morgan fingerprint density at radius 3 is 2.86 bits per heavy atom. The maximum Gasteiger partial charge on any atom is 0.259 e. The predicted molar refractivity (Wildman–Crippen MR) is 89.7 cm³/mol. The minimum absolute atomic E-state index is 0.0382. The SMILES string of the molecule is Cc1ccc(Br)c(C(=O)N2CCCc3cc(N)ccc32)c1. The van der Waals surface area contributed by atoms with Gasteiger partial charge in [0.1, 0.15) is 0 Å². The first-order chi connectivity index (χ1) is 10.1. The number of carbonyl (C=O) groups is 1. The summed E-state index contributed by atoms with van der Waals surface area (Å²) in [6.07, 6.45) is 1.94. The van der Waals surface area contributed by atoms with E-state index in [1.807, 2.05) is 48.2 Å². The Balaban J connectivity index is 2.02. The molecule has 4 heteroatoms. The first-order valence-corrected chi connectivity index (χ1v) is 7.82. The van der Waals surface area contributed by atoms with Crippen LogP contribution in [0.4, 0.5) is 11.4 Å². The second-order valence-corrected chi connectivity index (χ2v) is 6.29. The standard InChI is InChI=1S/C17H17BrN2O/c1-11-4-6-15(18)14(9-11)17(21)20-8-2-3-12-10-13(19)5-7-16(12)20/h4-7,9-10H,2-3,8,19H2,1H3. The normalized spacial score (nSPS) is 13.9. The molecule has 108 valence electrons. The van der Waals surface area contributed by atoms with Crippen LogP contribution >= 0.6 is 15.9 Å². The molecule has 0 spiro atoms. The van der Waals surface area contributed by atoms with Gasteiger partial charge in [0.2, 0.25) is 0 Å². The van der Waals surface area contributed by atoms with Gasteiger partial charge in [-0.3, -0.25) is 4.79 Å². The van der Waals surface area contributed by atoms with Crippen molar-refractivity contribution in [3.63, 3.8) is 0 Å². The van der Waals surface area contributed by atoms with Gasteiger partial charge in [-0.05, 0) is 71.6 Å². The van der Waals surface area contributed by atoms with Crippen molar-refractivity contribution in [1.29, 1.82) is 0 Å². The number of anilines is 2. The lowest BCUT2D eigenvalue weighted by Gasteiger charge is -2.30. The van der Waals surface area contributed by atoms with Gasteiger partial charge in [0, 0.05) is 22.4 Å². The fourth-order valence-electron chi connectivity index (χ4n) is 2.78. The molecule has 0 saturated carbocycles. The van der Waals surface area contributed by atoms with E-state index in [4.69, 9.17) is 5.73 Å². The monoisotopic (exact) mass is 344 g/mol. The first kappa shape index (κ1) is 14.1. The second-order valence-electron chi connectivity index (χ2n) is 5.43. The summed E-state index contributed by atoms with van der Waals surface area (Å²) in [7, 11) is 0. The molecule has 0 atom stereocenters. The molecule has 1 aliphatic heterocycles. The topological polar surface area (TPSA) is 46.3 Å². The van der Waals surface area contributed by atoms with Gasteiger partial charge in [0.25, 0.3) is 5.91 Å². The molecule has 1 heterocycles. The molecule has 2 aromatic carbocycles. The second kappa shape index (κ2) is 5.53. The van der Waals surface area contributed by atoms with E-state index in [1.54, 1.807) is 0 Å². The summed E-state index contributed by atoms with van der Waals surface area (Å²) in [5.74, 6) is 0.0382. The van der Waals surface area contributed by atoms with Gasteiger partial charge < -0.3 is 10.6 Å². The zero-order chi connectivity index (χ0) is 15.0. The third kappa shape index (κ3) is 2.68. The van der Waals surface area contributed by atoms with Crippen molar-refractivity contribution in [2.75, 3.05) is 17.2 Å². The number of rotatable bonds is 1. The highest BCUT2D eigenvalue weighted by Crippen LogP contribution is 2.31. The number of halogens is 1. The molecule has 3 nitrogen and oxygen atoms in total. The summed E-state index contributed by atoms with van der Waals surface area (Å²) in [4.78, 5) is 14.7. The van der Waals surface area contributed by atoms with E-state index >= 15 is 0 Å². The highest BCUT2D eigenvalue weighted by Gasteiger charge is 2.24. The number of nitrogen functional groups attached to an aromatic ring is 1. The molecule has 0 fully saturated rings. The number of nitrogens with two attached hydrogens (primary N) is 1. The van der Waals surface area contributed by atoms with Gasteiger partial charge in [-0.15, -0.1) is 0 Å². The van der Waals surface area contributed by atoms with Gasteiger partial charge in [0.05, 0.1) is 5.56 Å². The van der Waals surface area contributed by atoms with Crippen LogP contribution in [-0.4, -0.2) is 12.5 Å². The van der Waals surface area contributed by atoms with Crippen LogP contribution in [0.15, 0.2) is 40.9 Å². The number of fused-ring (bicyclic) bond motifs is 1. The van der Waals surface area contributed by atoms with E-state index in [9.17, 15) is 4.79 Å². The maximum atomic E-state index is 12.9. The molecule has 0 saturated heterocycles. The molecule has 3 rings (SSSR count). The average molecular weight is 345 g/mol. The van der Waals surface area contributed by atoms with Crippen LogP contribution in [0.1, 0.15) is 27.9 Å². The van der Waals surface area contributed by atoms with Gasteiger partial charge in [-0.25, -0.2) is 0 Å². The van der Waals surface area contributed by atoms with Gasteiger partial charge in [0.15, 0.2) is 0 Å². The molecule has 1 amide bonds. The molecular formula is C17H17BrN2O. The van der Waals surface area contributed by atoms with Crippen LogP contribution in [0.5, 0.6) is 0 Å². The lowest BCUT2D eigenvalue weighted by molar-refractivity contribution is 0.0984. The van der Waals surface area contributed by atoms with Crippen LogP contribution in [0, 0.1) is 6.92 Å². The summed E-state index contributed by atoms with van der Waals surface area (Å²) in [5, 5.41) is 0. The summed E-state index contributed by atoms with van der Waals surface area (Å²) < 4.78 is 0.834. The Morgan fingerprint density at radius 2 is 2.05 bits per heavy atom. The smallest absolute Gasteiger partial charge is 0.259 e. The van der Waals surface area contributed by atoms with Crippen molar-refractivity contribution in [3.8, 4) is 0 Å². The third-order valence-corrected chi connectivity index (χ3v) is 4.51. The highest BCUT2D eigenvalue weighted by atomic mass is 79.9. The van der Waals surface area contributed by atoms with Crippen molar-refractivity contribution >= 4 is 33.2 Å². The summed E-state index contributed by atoms with van der Waals surface area (Å²) >= 11 is 3.48. The first-order valence-electron chi connectivity index (χ1n) is 7.02. The molecule has 21 heavy (non-hydrogen) atoms. The molecule has 0 aromatic heterocycles.